The molecular weight excluding hydrogens is 184 g/mol. The van der Waals surface area contributed by atoms with Gasteiger partial charge in [0.1, 0.15) is 5.39 Å². The molecule has 0 aliphatic carbocycles. The van der Waals surface area contributed by atoms with Crippen LogP contribution in [0, 0.1) is 6.92 Å². The van der Waals surface area contributed by atoms with Crippen LogP contribution in [0.5, 0.6) is 0 Å². The van der Waals surface area contributed by atoms with Crippen LogP contribution in [0.4, 0.5) is 5.95 Å². The maximum absolute atomic E-state index is 11.4. The van der Waals surface area contributed by atoms with Gasteiger partial charge < -0.3 is 10.7 Å². The summed E-state index contributed by atoms with van der Waals surface area (Å²) < 4.78 is 0. The summed E-state index contributed by atoms with van der Waals surface area (Å²) in [5.74, 6) is 0.0104. The Morgan fingerprint density at radius 3 is 2.79 bits per heavy atom. The predicted octanol–water partition coefficient (Wildman–Crippen LogP) is -0.498. The number of nitrogens with zero attached hydrogens (tertiary/aromatic N) is 1. The highest BCUT2D eigenvalue weighted by Crippen LogP contribution is 2.06. The number of H-pyrrole nitrogens is 2. The van der Waals surface area contributed by atoms with Crippen LogP contribution in [0.25, 0.3) is 10.9 Å². The number of rotatable bonds is 0. The Morgan fingerprint density at radius 2 is 2.07 bits per heavy atom. The summed E-state index contributed by atoms with van der Waals surface area (Å²) >= 11 is 0. The quantitative estimate of drug-likeness (QED) is 0.523. The van der Waals surface area contributed by atoms with E-state index >= 15 is 0 Å². The van der Waals surface area contributed by atoms with Crippen molar-refractivity contribution in [3.63, 3.8) is 0 Å². The fourth-order valence-electron chi connectivity index (χ4n) is 1.30. The molecule has 0 amide bonds. The first kappa shape index (κ1) is 8.49. The summed E-state index contributed by atoms with van der Waals surface area (Å²) in [5.41, 5.74) is 5.44. The summed E-state index contributed by atoms with van der Waals surface area (Å²) in [5, 5.41) is 0.0131. The summed E-state index contributed by atoms with van der Waals surface area (Å²) in [6, 6.07) is 0. The van der Waals surface area contributed by atoms with Crippen molar-refractivity contribution in [1.29, 1.82) is 0 Å². The van der Waals surface area contributed by atoms with Crippen LogP contribution in [0.1, 0.15) is 5.56 Å². The molecule has 0 saturated carbocycles. The molecule has 0 aliphatic rings. The Kier molecular flexibility index (Phi) is 1.63. The maximum atomic E-state index is 11.4. The minimum atomic E-state index is -0.516. The lowest BCUT2D eigenvalue weighted by molar-refractivity contribution is 1.14. The van der Waals surface area contributed by atoms with E-state index in [1.807, 2.05) is 0 Å². The molecule has 72 valence electrons. The molecule has 2 rings (SSSR count). The Balaban J connectivity index is 3.16. The molecule has 0 bridgehead atoms. The fraction of sp³-hybridized carbons (Fsp3) is 0.125. The van der Waals surface area contributed by atoms with Crippen molar-refractivity contribution < 1.29 is 0 Å². The second kappa shape index (κ2) is 2.69. The van der Waals surface area contributed by atoms with E-state index in [1.54, 1.807) is 6.92 Å². The Morgan fingerprint density at radius 1 is 1.36 bits per heavy atom. The third kappa shape index (κ3) is 1.08. The number of aromatic nitrogens is 3. The fourth-order valence-corrected chi connectivity index (χ4v) is 1.30. The Labute approximate surface area is 77.8 Å². The number of nitrogens with two attached hydrogens (primary N) is 1. The highest BCUT2D eigenvalue weighted by Gasteiger charge is 2.07. The third-order valence-electron chi connectivity index (χ3n) is 1.96. The molecule has 6 nitrogen and oxygen atoms in total. The van der Waals surface area contributed by atoms with E-state index in [-0.39, 0.29) is 11.3 Å². The molecule has 2 aromatic heterocycles. The largest absolute Gasteiger partial charge is 0.369 e. The first-order valence-corrected chi connectivity index (χ1v) is 3.97. The number of anilines is 1. The topological polar surface area (TPSA) is 105 Å². The van der Waals surface area contributed by atoms with Gasteiger partial charge in [-0.1, -0.05) is 0 Å². The molecule has 0 saturated heterocycles. The maximum Gasteiger partial charge on any atom is 0.265 e. The molecule has 4 N–H and O–H groups in total. The number of aryl methyl sites for hydroxylation is 1. The first-order chi connectivity index (χ1) is 6.59. The van der Waals surface area contributed by atoms with Gasteiger partial charge in [-0.15, -0.1) is 0 Å². The summed E-state index contributed by atoms with van der Waals surface area (Å²) in [6.45, 7) is 1.74. The van der Waals surface area contributed by atoms with E-state index in [4.69, 9.17) is 5.73 Å². The number of nitrogens with one attached hydrogen (secondary N) is 2. The van der Waals surface area contributed by atoms with Crippen LogP contribution in [0.3, 0.4) is 0 Å². The highest BCUT2D eigenvalue weighted by molar-refractivity contribution is 5.80. The number of nitrogen functional groups attached to an aromatic ring is 1. The van der Waals surface area contributed by atoms with Gasteiger partial charge in [-0.25, -0.2) is 4.98 Å². The molecular formula is C8H8N4O2. The Bertz CT molecular complexity index is 611. The molecule has 0 aliphatic heterocycles. The summed E-state index contributed by atoms with van der Waals surface area (Å²) in [4.78, 5) is 31.3. The van der Waals surface area contributed by atoms with E-state index in [2.05, 4.69) is 15.0 Å². The molecule has 0 unspecified atom stereocenters. The van der Waals surface area contributed by atoms with Crippen LogP contribution in [-0.4, -0.2) is 15.0 Å². The molecule has 0 fully saturated rings. The summed E-state index contributed by atoms with van der Waals surface area (Å²) in [6.07, 6.45) is 1.50. The van der Waals surface area contributed by atoms with Gasteiger partial charge in [0, 0.05) is 6.20 Å². The molecule has 0 radical (unpaired) electrons. The van der Waals surface area contributed by atoms with E-state index in [9.17, 15) is 9.59 Å². The van der Waals surface area contributed by atoms with Crippen LogP contribution in [-0.2, 0) is 0 Å². The lowest BCUT2D eigenvalue weighted by Gasteiger charge is -1.99. The second-order valence-corrected chi connectivity index (χ2v) is 2.98. The van der Waals surface area contributed by atoms with Crippen LogP contribution in [0.15, 0.2) is 15.8 Å². The van der Waals surface area contributed by atoms with Gasteiger partial charge in [0.15, 0.2) is 0 Å². The van der Waals surface area contributed by atoms with Crippen LogP contribution in [0.2, 0.25) is 0 Å². The van der Waals surface area contributed by atoms with E-state index in [1.165, 1.54) is 6.20 Å². The van der Waals surface area contributed by atoms with Gasteiger partial charge >= 0.3 is 0 Å². The zero-order valence-corrected chi connectivity index (χ0v) is 7.42. The van der Waals surface area contributed by atoms with Gasteiger partial charge in [0.25, 0.3) is 11.1 Å². The predicted molar refractivity (Wildman–Crippen MR) is 52.1 cm³/mol. The van der Waals surface area contributed by atoms with Crippen molar-refractivity contribution in [1.82, 2.24) is 15.0 Å². The second-order valence-electron chi connectivity index (χ2n) is 2.98. The van der Waals surface area contributed by atoms with Crippen LogP contribution >= 0.6 is 0 Å². The molecule has 2 aromatic rings. The number of fused-ring (bicyclic) bond motifs is 1. The van der Waals surface area contributed by atoms with Crippen molar-refractivity contribution in [3.05, 3.63) is 32.5 Å². The number of aromatic amines is 2. The normalized spacial score (nSPS) is 10.6. The third-order valence-corrected chi connectivity index (χ3v) is 1.96. The van der Waals surface area contributed by atoms with Gasteiger partial charge in [0.05, 0.1) is 5.52 Å². The van der Waals surface area contributed by atoms with Gasteiger partial charge in [-0.3, -0.25) is 14.6 Å². The molecule has 2 heterocycles. The van der Waals surface area contributed by atoms with Crippen molar-refractivity contribution >= 4 is 16.9 Å². The molecule has 0 spiro atoms. The van der Waals surface area contributed by atoms with Crippen molar-refractivity contribution in [2.75, 3.05) is 5.73 Å². The van der Waals surface area contributed by atoms with Gasteiger partial charge in [0.2, 0.25) is 5.95 Å². The SMILES string of the molecule is Cc1c[nH]c(=O)c2c(=O)[nH]c(N)nc12. The minimum Gasteiger partial charge on any atom is -0.369 e. The minimum absolute atomic E-state index is 0.0104. The standard InChI is InChI=1S/C8H8N4O2/c1-3-2-10-6(13)4-5(3)11-8(9)12-7(4)14/h2H,1H3,(H,10,13)(H3,9,11,12,14). The van der Waals surface area contributed by atoms with Crippen molar-refractivity contribution in [3.8, 4) is 0 Å². The number of hydrogen-bond donors (Lipinski definition) is 3. The number of pyridine rings is 1. The average molecular weight is 192 g/mol. The lowest BCUT2D eigenvalue weighted by Crippen LogP contribution is -2.20. The Hall–Kier alpha value is -2.11. The first-order valence-electron chi connectivity index (χ1n) is 3.97. The van der Waals surface area contributed by atoms with E-state index in [0.29, 0.717) is 11.1 Å². The molecule has 0 aromatic carbocycles. The van der Waals surface area contributed by atoms with Crippen LogP contribution < -0.4 is 16.9 Å². The molecule has 0 atom stereocenters. The van der Waals surface area contributed by atoms with Crippen molar-refractivity contribution in [2.24, 2.45) is 0 Å². The monoisotopic (exact) mass is 192 g/mol. The van der Waals surface area contributed by atoms with E-state index in [0.717, 1.165) is 0 Å². The average Bonchev–Trinajstić information content (AvgIpc) is 2.10. The highest BCUT2D eigenvalue weighted by atomic mass is 16.1. The zero-order valence-electron chi connectivity index (χ0n) is 7.42. The van der Waals surface area contributed by atoms with E-state index < -0.39 is 11.1 Å². The van der Waals surface area contributed by atoms with Gasteiger partial charge in [-0.2, -0.15) is 0 Å². The lowest BCUT2D eigenvalue weighted by atomic mass is 10.2. The summed E-state index contributed by atoms with van der Waals surface area (Å²) in [7, 11) is 0. The molecule has 6 heteroatoms. The van der Waals surface area contributed by atoms with Gasteiger partial charge in [-0.05, 0) is 12.5 Å². The smallest absolute Gasteiger partial charge is 0.265 e. The van der Waals surface area contributed by atoms with Crippen molar-refractivity contribution in [2.45, 2.75) is 6.92 Å². The zero-order chi connectivity index (χ0) is 10.3. The molecule has 14 heavy (non-hydrogen) atoms. The number of hydrogen-bond acceptors (Lipinski definition) is 4.